The van der Waals surface area contributed by atoms with E-state index in [0.717, 1.165) is 26.2 Å². The van der Waals surface area contributed by atoms with Gasteiger partial charge in [-0.3, -0.25) is 9.69 Å². The maximum Gasteiger partial charge on any atom is 0.266 e. The molecule has 1 aliphatic rings. The minimum atomic E-state index is -0.0417. The molecule has 1 saturated heterocycles. The van der Waals surface area contributed by atoms with Gasteiger partial charge >= 0.3 is 0 Å². The summed E-state index contributed by atoms with van der Waals surface area (Å²) < 4.78 is 13.1. The third kappa shape index (κ3) is 4.83. The number of likely N-dealkylation sites (N-methyl/N-ethyl adjacent to an activating group) is 1. The van der Waals surface area contributed by atoms with Gasteiger partial charge in [0, 0.05) is 15.7 Å². The standard InChI is InChI=1S/C20H18INO3S2/c1-3-22-19(23)18(27-20(22)26)11-13-4-9-17(24-2)14(10-13)12-25-16-7-5-15(21)6-8-16/h4-11H,3,12H2,1-2H3/b18-11-. The van der Waals surface area contributed by atoms with Crippen LogP contribution in [0.5, 0.6) is 11.5 Å². The Bertz CT molecular complexity index is 897. The average molecular weight is 511 g/mol. The van der Waals surface area contributed by atoms with Crippen molar-refractivity contribution in [2.24, 2.45) is 0 Å². The number of thioether (sulfide) groups is 1. The molecule has 140 valence electrons. The van der Waals surface area contributed by atoms with Crippen LogP contribution in [0.1, 0.15) is 18.1 Å². The number of carbonyl (C=O) groups excluding carboxylic acids is 1. The van der Waals surface area contributed by atoms with E-state index in [1.807, 2.05) is 55.5 Å². The Morgan fingerprint density at radius 3 is 2.59 bits per heavy atom. The Balaban J connectivity index is 1.81. The van der Waals surface area contributed by atoms with Crippen LogP contribution in [0.25, 0.3) is 6.08 Å². The number of ether oxygens (including phenoxy) is 2. The summed E-state index contributed by atoms with van der Waals surface area (Å²) in [6.45, 7) is 2.88. The Morgan fingerprint density at radius 1 is 1.22 bits per heavy atom. The molecule has 0 N–H and O–H groups in total. The summed E-state index contributed by atoms with van der Waals surface area (Å²) >= 11 is 8.86. The lowest BCUT2D eigenvalue weighted by molar-refractivity contribution is -0.121. The monoisotopic (exact) mass is 511 g/mol. The summed E-state index contributed by atoms with van der Waals surface area (Å²) in [4.78, 5) is 14.6. The number of hydrogen-bond donors (Lipinski definition) is 0. The van der Waals surface area contributed by atoms with Crippen LogP contribution in [-0.2, 0) is 11.4 Å². The lowest BCUT2D eigenvalue weighted by Gasteiger charge is -2.12. The molecule has 7 heteroatoms. The first kappa shape index (κ1) is 20.2. The van der Waals surface area contributed by atoms with Gasteiger partial charge in [-0.05, 0) is 77.6 Å². The lowest BCUT2D eigenvalue weighted by atomic mass is 10.1. The fourth-order valence-corrected chi connectivity index (χ4v) is 4.36. The van der Waals surface area contributed by atoms with E-state index in [1.54, 1.807) is 12.0 Å². The van der Waals surface area contributed by atoms with Crippen LogP contribution in [0.2, 0.25) is 0 Å². The molecule has 2 aromatic rings. The molecule has 2 aromatic carbocycles. The summed E-state index contributed by atoms with van der Waals surface area (Å²) in [6, 6.07) is 13.7. The topological polar surface area (TPSA) is 38.8 Å². The molecule has 1 aliphatic heterocycles. The zero-order chi connectivity index (χ0) is 19.4. The highest BCUT2D eigenvalue weighted by atomic mass is 127. The summed E-state index contributed by atoms with van der Waals surface area (Å²) in [7, 11) is 1.63. The summed E-state index contributed by atoms with van der Waals surface area (Å²) in [6.07, 6.45) is 1.86. The van der Waals surface area contributed by atoms with Gasteiger partial charge in [-0.2, -0.15) is 0 Å². The first-order chi connectivity index (χ1) is 13.0. The van der Waals surface area contributed by atoms with Crippen molar-refractivity contribution in [3.63, 3.8) is 0 Å². The molecule has 0 spiro atoms. The molecular formula is C20H18INO3S2. The van der Waals surface area contributed by atoms with Gasteiger partial charge in [0.1, 0.15) is 22.4 Å². The molecule has 0 radical (unpaired) electrons. The van der Waals surface area contributed by atoms with Gasteiger partial charge < -0.3 is 9.47 Å². The number of nitrogens with zero attached hydrogens (tertiary/aromatic N) is 1. The second-order valence-electron chi connectivity index (χ2n) is 5.74. The van der Waals surface area contributed by atoms with Crippen molar-refractivity contribution < 1.29 is 14.3 Å². The number of thiocarbonyl (C=S) groups is 1. The Kier molecular flexibility index (Phi) is 6.78. The number of rotatable bonds is 6. The van der Waals surface area contributed by atoms with Crippen molar-refractivity contribution in [1.82, 2.24) is 4.90 Å². The van der Waals surface area contributed by atoms with Crippen LogP contribution >= 0.6 is 46.6 Å². The summed E-state index contributed by atoms with van der Waals surface area (Å²) in [5, 5.41) is 0. The molecule has 3 rings (SSSR count). The van der Waals surface area contributed by atoms with Crippen LogP contribution in [0.15, 0.2) is 47.4 Å². The molecule has 1 amide bonds. The Labute approximate surface area is 182 Å². The average Bonchev–Trinajstić information content (AvgIpc) is 2.94. The fraction of sp³-hybridized carbons (Fsp3) is 0.200. The zero-order valence-corrected chi connectivity index (χ0v) is 18.7. The summed E-state index contributed by atoms with van der Waals surface area (Å²) in [5.41, 5.74) is 1.82. The SMILES string of the molecule is CCN1C(=O)/C(=C/c2ccc(OC)c(COc3ccc(I)cc3)c2)SC1=S. The van der Waals surface area contributed by atoms with Crippen molar-refractivity contribution in [2.75, 3.05) is 13.7 Å². The molecule has 0 bridgehead atoms. The number of methoxy groups -OCH3 is 1. The van der Waals surface area contributed by atoms with Crippen LogP contribution < -0.4 is 9.47 Å². The van der Waals surface area contributed by atoms with E-state index in [-0.39, 0.29) is 5.91 Å². The third-order valence-corrected chi connectivity index (χ3v) is 6.10. The van der Waals surface area contributed by atoms with Gasteiger partial charge in [0.05, 0.1) is 12.0 Å². The van der Waals surface area contributed by atoms with E-state index in [0.29, 0.717) is 22.4 Å². The number of halogens is 1. The fourth-order valence-electron chi connectivity index (χ4n) is 2.62. The first-order valence-corrected chi connectivity index (χ1v) is 10.6. The first-order valence-electron chi connectivity index (χ1n) is 8.32. The number of carbonyl (C=O) groups is 1. The zero-order valence-electron chi connectivity index (χ0n) is 14.9. The molecule has 0 unspecified atom stereocenters. The molecule has 0 aromatic heterocycles. The highest BCUT2D eigenvalue weighted by molar-refractivity contribution is 14.1. The molecule has 0 atom stereocenters. The van der Waals surface area contributed by atoms with Gasteiger partial charge in [0.2, 0.25) is 0 Å². The van der Waals surface area contributed by atoms with Gasteiger partial charge in [0.25, 0.3) is 5.91 Å². The predicted octanol–water partition coefficient (Wildman–Crippen LogP) is 5.10. The maximum absolute atomic E-state index is 12.4. The van der Waals surface area contributed by atoms with E-state index < -0.39 is 0 Å². The van der Waals surface area contributed by atoms with E-state index >= 15 is 0 Å². The smallest absolute Gasteiger partial charge is 0.266 e. The van der Waals surface area contributed by atoms with Crippen molar-refractivity contribution >= 4 is 62.9 Å². The van der Waals surface area contributed by atoms with E-state index in [1.165, 1.54) is 11.8 Å². The highest BCUT2D eigenvalue weighted by Gasteiger charge is 2.30. The largest absolute Gasteiger partial charge is 0.496 e. The van der Waals surface area contributed by atoms with E-state index in [2.05, 4.69) is 22.6 Å². The van der Waals surface area contributed by atoms with E-state index in [9.17, 15) is 4.79 Å². The lowest BCUT2D eigenvalue weighted by Crippen LogP contribution is -2.27. The van der Waals surface area contributed by atoms with Crippen LogP contribution in [0.3, 0.4) is 0 Å². The minimum Gasteiger partial charge on any atom is -0.496 e. The molecule has 4 nitrogen and oxygen atoms in total. The van der Waals surface area contributed by atoms with Gasteiger partial charge in [-0.15, -0.1) is 0 Å². The van der Waals surface area contributed by atoms with Gasteiger partial charge in [-0.1, -0.05) is 30.0 Å². The van der Waals surface area contributed by atoms with Gasteiger partial charge in [0.15, 0.2) is 0 Å². The normalized spacial score (nSPS) is 15.5. The van der Waals surface area contributed by atoms with Crippen molar-refractivity contribution in [3.05, 3.63) is 62.1 Å². The van der Waals surface area contributed by atoms with Crippen molar-refractivity contribution in [1.29, 1.82) is 0 Å². The number of amides is 1. The summed E-state index contributed by atoms with van der Waals surface area (Å²) in [5.74, 6) is 1.51. The number of benzene rings is 2. The molecule has 1 fully saturated rings. The molecule has 0 aliphatic carbocycles. The van der Waals surface area contributed by atoms with Gasteiger partial charge in [-0.25, -0.2) is 0 Å². The number of hydrogen-bond acceptors (Lipinski definition) is 5. The highest BCUT2D eigenvalue weighted by Crippen LogP contribution is 2.33. The quantitative estimate of drug-likeness (QED) is 0.307. The Hall–Kier alpha value is -1.58. The second-order valence-corrected chi connectivity index (χ2v) is 8.66. The minimum absolute atomic E-state index is 0.0417. The Morgan fingerprint density at radius 2 is 1.96 bits per heavy atom. The van der Waals surface area contributed by atoms with Crippen molar-refractivity contribution in [2.45, 2.75) is 13.5 Å². The van der Waals surface area contributed by atoms with Crippen molar-refractivity contribution in [3.8, 4) is 11.5 Å². The molecule has 27 heavy (non-hydrogen) atoms. The predicted molar refractivity (Wildman–Crippen MR) is 122 cm³/mol. The molecule has 1 heterocycles. The van der Waals surface area contributed by atoms with E-state index in [4.69, 9.17) is 21.7 Å². The molecule has 0 saturated carbocycles. The van der Waals surface area contributed by atoms with Crippen LogP contribution in [0.4, 0.5) is 0 Å². The second kappa shape index (κ2) is 9.07. The van der Waals surface area contributed by atoms with Crippen LogP contribution in [0, 0.1) is 3.57 Å². The van der Waals surface area contributed by atoms with Crippen LogP contribution in [-0.4, -0.2) is 28.8 Å². The maximum atomic E-state index is 12.4. The molecular weight excluding hydrogens is 493 g/mol. The third-order valence-electron chi connectivity index (χ3n) is 4.00.